The molecule has 4 heteroatoms. The fourth-order valence-corrected chi connectivity index (χ4v) is 3.20. The summed E-state index contributed by atoms with van der Waals surface area (Å²) < 4.78 is 2.24. The molecule has 1 saturated heterocycles. The zero-order valence-corrected chi connectivity index (χ0v) is 10.4. The van der Waals surface area contributed by atoms with E-state index < -0.39 is 0 Å². The molecule has 0 unspecified atom stereocenters. The smallest absolute Gasteiger partial charge is 0.222 e. The van der Waals surface area contributed by atoms with E-state index in [-0.39, 0.29) is 5.41 Å². The summed E-state index contributed by atoms with van der Waals surface area (Å²) in [5.74, 6) is 1.52. The zero-order valence-electron chi connectivity index (χ0n) is 10.4. The highest BCUT2D eigenvalue weighted by molar-refractivity contribution is 5.76. The maximum atomic E-state index is 11.9. The number of aromatic nitrogens is 2. The lowest BCUT2D eigenvalue weighted by Crippen LogP contribution is -2.32. The molecule has 1 amide bonds. The molecule has 0 aromatic carbocycles. The minimum atomic E-state index is 0.285. The number of hydrogen-bond donors (Lipinski definition) is 0. The van der Waals surface area contributed by atoms with Crippen molar-refractivity contribution in [2.75, 3.05) is 13.1 Å². The van der Waals surface area contributed by atoms with Crippen LogP contribution in [0, 0.1) is 5.41 Å². The van der Waals surface area contributed by atoms with Crippen molar-refractivity contribution in [1.82, 2.24) is 14.5 Å². The fourth-order valence-electron chi connectivity index (χ4n) is 3.20. The summed E-state index contributed by atoms with van der Waals surface area (Å²) >= 11 is 0. The van der Waals surface area contributed by atoms with E-state index in [9.17, 15) is 4.79 Å². The van der Waals surface area contributed by atoms with Crippen molar-refractivity contribution in [3.63, 3.8) is 0 Å². The summed E-state index contributed by atoms with van der Waals surface area (Å²) in [5.41, 5.74) is 0.285. The molecule has 1 aromatic heterocycles. The topological polar surface area (TPSA) is 38.1 Å². The Kier molecular flexibility index (Phi) is 2.45. The Balaban J connectivity index is 1.69. The summed E-state index contributed by atoms with van der Waals surface area (Å²) in [5, 5.41) is 0. The largest absolute Gasteiger partial charge is 0.342 e. The molecule has 1 aromatic rings. The van der Waals surface area contributed by atoms with E-state index in [1.807, 2.05) is 6.20 Å². The Hall–Kier alpha value is -1.32. The van der Waals surface area contributed by atoms with Crippen molar-refractivity contribution in [2.45, 2.75) is 39.2 Å². The molecule has 3 rings (SSSR count). The van der Waals surface area contributed by atoms with Crippen LogP contribution in [0.15, 0.2) is 12.4 Å². The first-order valence-corrected chi connectivity index (χ1v) is 6.50. The van der Waals surface area contributed by atoms with Gasteiger partial charge in [0.15, 0.2) is 0 Å². The van der Waals surface area contributed by atoms with Gasteiger partial charge in [-0.2, -0.15) is 0 Å². The quantitative estimate of drug-likeness (QED) is 0.775. The first-order chi connectivity index (χ1) is 8.22. The molecule has 0 N–H and O–H groups in total. The number of amides is 1. The van der Waals surface area contributed by atoms with E-state index in [2.05, 4.69) is 27.6 Å². The van der Waals surface area contributed by atoms with Crippen LogP contribution in [-0.2, 0) is 17.8 Å². The number of fused-ring (bicyclic) bond motifs is 1. The van der Waals surface area contributed by atoms with E-state index in [0.29, 0.717) is 12.3 Å². The second-order valence-corrected chi connectivity index (χ2v) is 5.46. The third-order valence-corrected chi connectivity index (χ3v) is 4.10. The minimum absolute atomic E-state index is 0.285. The van der Waals surface area contributed by atoms with Gasteiger partial charge in [-0.05, 0) is 12.8 Å². The molecule has 1 fully saturated rings. The second kappa shape index (κ2) is 3.86. The molecule has 1 atom stereocenters. The predicted molar refractivity (Wildman–Crippen MR) is 64.5 cm³/mol. The van der Waals surface area contributed by atoms with Crippen molar-refractivity contribution in [1.29, 1.82) is 0 Å². The van der Waals surface area contributed by atoms with Gasteiger partial charge >= 0.3 is 0 Å². The minimum Gasteiger partial charge on any atom is -0.342 e. The summed E-state index contributed by atoms with van der Waals surface area (Å²) in [7, 11) is 0. The van der Waals surface area contributed by atoms with Gasteiger partial charge in [-0.25, -0.2) is 4.98 Å². The van der Waals surface area contributed by atoms with Gasteiger partial charge < -0.3 is 9.47 Å². The highest BCUT2D eigenvalue weighted by Crippen LogP contribution is 2.40. The molecule has 0 saturated carbocycles. The molecule has 2 aliphatic rings. The van der Waals surface area contributed by atoms with Crippen LogP contribution >= 0.6 is 0 Å². The number of nitrogens with zero attached hydrogens (tertiary/aromatic N) is 3. The van der Waals surface area contributed by atoms with Gasteiger partial charge in [0.1, 0.15) is 5.82 Å². The second-order valence-electron chi connectivity index (χ2n) is 5.46. The van der Waals surface area contributed by atoms with Crippen molar-refractivity contribution < 1.29 is 4.79 Å². The van der Waals surface area contributed by atoms with E-state index in [1.54, 1.807) is 0 Å². The normalized spacial score (nSPS) is 26.8. The Morgan fingerprint density at radius 3 is 3.18 bits per heavy atom. The molecule has 92 valence electrons. The van der Waals surface area contributed by atoms with Crippen molar-refractivity contribution in [3.8, 4) is 0 Å². The van der Waals surface area contributed by atoms with Crippen LogP contribution < -0.4 is 0 Å². The first kappa shape index (κ1) is 10.8. The molecule has 1 spiro atoms. The SMILES string of the molecule is CCCC(=O)N1CC[C@@]2(Cc3nccn3C2)C1. The molecule has 3 heterocycles. The number of imidazole rings is 1. The van der Waals surface area contributed by atoms with Crippen LogP contribution in [0.4, 0.5) is 0 Å². The van der Waals surface area contributed by atoms with Crippen LogP contribution in [0.5, 0.6) is 0 Å². The van der Waals surface area contributed by atoms with Crippen LogP contribution in [0.3, 0.4) is 0 Å². The Morgan fingerprint density at radius 1 is 1.53 bits per heavy atom. The lowest BCUT2D eigenvalue weighted by atomic mass is 9.86. The molecular formula is C13H19N3O. The van der Waals surface area contributed by atoms with Crippen LogP contribution in [0.2, 0.25) is 0 Å². The first-order valence-electron chi connectivity index (χ1n) is 6.50. The fraction of sp³-hybridized carbons (Fsp3) is 0.692. The van der Waals surface area contributed by atoms with E-state index in [1.165, 1.54) is 5.82 Å². The average molecular weight is 233 g/mol. The molecule has 0 aliphatic carbocycles. The number of rotatable bonds is 2. The monoisotopic (exact) mass is 233 g/mol. The number of carbonyl (C=O) groups is 1. The predicted octanol–water partition coefficient (Wildman–Crippen LogP) is 1.46. The Bertz CT molecular complexity index is 417. The molecule has 0 radical (unpaired) electrons. The highest BCUT2D eigenvalue weighted by Gasteiger charge is 2.44. The van der Waals surface area contributed by atoms with E-state index in [0.717, 1.165) is 38.9 Å². The number of carbonyl (C=O) groups excluding carboxylic acids is 1. The summed E-state index contributed by atoms with van der Waals surface area (Å²) in [6.45, 7) is 4.96. The van der Waals surface area contributed by atoms with Gasteiger partial charge in [-0.1, -0.05) is 6.92 Å². The zero-order chi connectivity index (χ0) is 11.9. The molecule has 4 nitrogen and oxygen atoms in total. The van der Waals surface area contributed by atoms with Crippen molar-refractivity contribution in [3.05, 3.63) is 18.2 Å². The Labute approximate surface area is 102 Å². The average Bonchev–Trinajstić information content (AvgIpc) is 2.94. The van der Waals surface area contributed by atoms with Gasteiger partial charge in [0.2, 0.25) is 5.91 Å². The lowest BCUT2D eigenvalue weighted by Gasteiger charge is -2.23. The van der Waals surface area contributed by atoms with Crippen LogP contribution in [0.1, 0.15) is 32.0 Å². The van der Waals surface area contributed by atoms with Gasteiger partial charge in [-0.3, -0.25) is 4.79 Å². The van der Waals surface area contributed by atoms with Crippen molar-refractivity contribution in [2.24, 2.45) is 5.41 Å². The summed E-state index contributed by atoms with van der Waals surface area (Å²) in [4.78, 5) is 18.3. The standard InChI is InChI=1S/C13H19N3O/c1-2-3-12(17)16-6-4-13(10-16)8-11-14-5-7-15(11)9-13/h5,7H,2-4,6,8-10H2,1H3/t13-/m0/s1. The maximum Gasteiger partial charge on any atom is 0.222 e. The van der Waals surface area contributed by atoms with Gasteiger partial charge in [0, 0.05) is 50.3 Å². The number of hydrogen-bond acceptors (Lipinski definition) is 2. The van der Waals surface area contributed by atoms with Crippen LogP contribution in [-0.4, -0.2) is 33.4 Å². The van der Waals surface area contributed by atoms with Gasteiger partial charge in [-0.15, -0.1) is 0 Å². The summed E-state index contributed by atoms with van der Waals surface area (Å²) in [6.07, 6.45) is 7.74. The third kappa shape index (κ3) is 1.75. The molecule has 2 aliphatic heterocycles. The van der Waals surface area contributed by atoms with E-state index >= 15 is 0 Å². The third-order valence-electron chi connectivity index (χ3n) is 4.10. The molecular weight excluding hydrogens is 214 g/mol. The summed E-state index contributed by atoms with van der Waals surface area (Å²) in [6, 6.07) is 0. The highest BCUT2D eigenvalue weighted by atomic mass is 16.2. The lowest BCUT2D eigenvalue weighted by molar-refractivity contribution is -0.130. The molecule has 17 heavy (non-hydrogen) atoms. The van der Waals surface area contributed by atoms with E-state index in [4.69, 9.17) is 0 Å². The number of likely N-dealkylation sites (tertiary alicyclic amines) is 1. The molecule has 0 bridgehead atoms. The van der Waals surface area contributed by atoms with Gasteiger partial charge in [0.25, 0.3) is 0 Å². The van der Waals surface area contributed by atoms with Crippen molar-refractivity contribution >= 4 is 5.91 Å². The maximum absolute atomic E-state index is 11.9. The van der Waals surface area contributed by atoms with Crippen LogP contribution in [0.25, 0.3) is 0 Å². The van der Waals surface area contributed by atoms with Gasteiger partial charge in [0.05, 0.1) is 0 Å². The Morgan fingerprint density at radius 2 is 2.41 bits per heavy atom.